The van der Waals surface area contributed by atoms with E-state index in [1.807, 2.05) is 0 Å². The van der Waals surface area contributed by atoms with E-state index in [9.17, 15) is 34.8 Å². The molecule has 3 fully saturated rings. The predicted octanol–water partition coefficient (Wildman–Crippen LogP) is -4.12. The third kappa shape index (κ3) is 5.35. The largest absolute Gasteiger partial charge is 0.394 e. The quantitative estimate of drug-likeness (QED) is 0.182. The van der Waals surface area contributed by atoms with Crippen molar-refractivity contribution >= 4 is 24.2 Å². The molecule has 0 unspecified atom stereocenters. The van der Waals surface area contributed by atoms with Crippen LogP contribution in [0.25, 0.3) is 0 Å². The first kappa shape index (κ1) is 26.3. The van der Waals surface area contributed by atoms with E-state index in [0.717, 1.165) is 4.90 Å². The van der Waals surface area contributed by atoms with Crippen LogP contribution in [0.3, 0.4) is 0 Å². The zero-order chi connectivity index (χ0) is 25.2. The number of urea groups is 1. The van der Waals surface area contributed by atoms with Crippen molar-refractivity contribution in [1.29, 1.82) is 0 Å². The fourth-order valence-electron chi connectivity index (χ4n) is 3.69. The lowest BCUT2D eigenvalue weighted by atomic mass is 10.1. The van der Waals surface area contributed by atoms with Crippen LogP contribution in [0.2, 0.25) is 0 Å². The smallest absolute Gasteiger partial charge is 0.326 e. The molecule has 190 valence electrons. The minimum Gasteiger partial charge on any atom is -0.394 e. The van der Waals surface area contributed by atoms with E-state index in [-0.39, 0.29) is 23.3 Å². The van der Waals surface area contributed by atoms with Gasteiger partial charge in [0.15, 0.2) is 17.2 Å². The minimum absolute atomic E-state index is 0.0762. The lowest BCUT2D eigenvalue weighted by Crippen LogP contribution is -2.56. The summed E-state index contributed by atoms with van der Waals surface area (Å²) in [5.74, 6) is -0.391. The third-order valence-electron chi connectivity index (χ3n) is 5.55. The Morgan fingerprint density at radius 3 is 2.00 bits per heavy atom. The maximum Gasteiger partial charge on any atom is 0.326 e. The maximum absolute atomic E-state index is 11.5. The van der Waals surface area contributed by atoms with Gasteiger partial charge in [0, 0.05) is 25.2 Å². The first-order chi connectivity index (χ1) is 16.1. The van der Waals surface area contributed by atoms with Crippen molar-refractivity contribution < 1.29 is 49.7 Å². The van der Waals surface area contributed by atoms with Gasteiger partial charge in [-0.05, 0) is 12.2 Å². The molecule has 0 saturated carbocycles. The molecular weight excluding hydrogens is 480 g/mol. The number of aromatic nitrogens is 2. The number of aliphatic hydroxyl groups is 6. The Morgan fingerprint density at radius 2 is 1.50 bits per heavy atom. The molecule has 1 aromatic heterocycles. The lowest BCUT2D eigenvalue weighted by molar-refractivity contribution is -0.125. The van der Waals surface area contributed by atoms with Gasteiger partial charge in [-0.1, -0.05) is 0 Å². The normalized spacial score (nSPS) is 35.6. The van der Waals surface area contributed by atoms with E-state index in [1.165, 1.54) is 16.8 Å². The van der Waals surface area contributed by atoms with E-state index in [0.29, 0.717) is 0 Å². The van der Waals surface area contributed by atoms with Gasteiger partial charge in [0.25, 0.3) is 5.56 Å². The SMILES string of the molecule is O=C1CCN([C@@H]2O[C@H](CO)[C@@H](O)[C@H]2O)C(=O)N1.O=c1ccn([C@@H]2O[C@H](CO)[C@@H](O)[C@H]2O)c(=S)[nH]1. The lowest BCUT2D eigenvalue weighted by Gasteiger charge is -2.32. The molecular formula is C18H26N4O11S. The Morgan fingerprint density at radius 1 is 0.941 bits per heavy atom. The van der Waals surface area contributed by atoms with E-state index < -0.39 is 74.2 Å². The molecule has 0 radical (unpaired) electrons. The Bertz CT molecular complexity index is 1000. The molecule has 3 saturated heterocycles. The molecule has 4 rings (SSSR count). The summed E-state index contributed by atoms with van der Waals surface area (Å²) in [4.78, 5) is 36.9. The number of hydrogen-bond acceptors (Lipinski definition) is 12. The fourth-order valence-corrected chi connectivity index (χ4v) is 3.96. The zero-order valence-corrected chi connectivity index (χ0v) is 18.4. The number of carbonyl (C=O) groups excluding carboxylic acids is 2. The highest BCUT2D eigenvalue weighted by Crippen LogP contribution is 2.29. The van der Waals surface area contributed by atoms with Crippen LogP contribution in [0, 0.1) is 4.77 Å². The second-order valence-electron chi connectivity index (χ2n) is 7.77. The van der Waals surface area contributed by atoms with Crippen LogP contribution in [-0.4, -0.2) is 120 Å². The van der Waals surface area contributed by atoms with Gasteiger partial charge in [-0.2, -0.15) is 0 Å². The summed E-state index contributed by atoms with van der Waals surface area (Å²) in [6.07, 6.45) is -7.27. The maximum atomic E-state index is 11.5. The molecule has 3 aliphatic heterocycles. The van der Waals surface area contributed by atoms with Gasteiger partial charge in [0.05, 0.1) is 13.2 Å². The summed E-state index contributed by atoms with van der Waals surface area (Å²) >= 11 is 4.91. The number of aromatic amines is 1. The summed E-state index contributed by atoms with van der Waals surface area (Å²) in [5.41, 5.74) is -0.363. The number of imide groups is 1. The highest BCUT2D eigenvalue weighted by Gasteiger charge is 2.47. The minimum atomic E-state index is -1.30. The van der Waals surface area contributed by atoms with Crippen LogP contribution in [0.5, 0.6) is 0 Å². The van der Waals surface area contributed by atoms with Gasteiger partial charge >= 0.3 is 6.03 Å². The molecule has 8 atom stereocenters. The number of carbonyl (C=O) groups is 2. The number of hydrogen-bond donors (Lipinski definition) is 8. The molecule has 3 amide bonds. The molecule has 3 aliphatic rings. The van der Waals surface area contributed by atoms with Crippen LogP contribution in [0.1, 0.15) is 12.6 Å². The van der Waals surface area contributed by atoms with Gasteiger partial charge in [-0.25, -0.2) is 4.79 Å². The van der Waals surface area contributed by atoms with Gasteiger partial charge in [-0.15, -0.1) is 0 Å². The second kappa shape index (κ2) is 11.0. The summed E-state index contributed by atoms with van der Waals surface area (Å²) in [5, 5.41) is 58.5. The van der Waals surface area contributed by atoms with E-state index >= 15 is 0 Å². The third-order valence-corrected chi connectivity index (χ3v) is 5.87. The van der Waals surface area contributed by atoms with E-state index in [1.54, 1.807) is 0 Å². The van der Waals surface area contributed by atoms with Gasteiger partial charge in [-0.3, -0.25) is 29.4 Å². The first-order valence-electron chi connectivity index (χ1n) is 10.3. The molecule has 16 heteroatoms. The molecule has 0 aliphatic carbocycles. The molecule has 0 bridgehead atoms. The van der Waals surface area contributed by atoms with Crippen LogP contribution >= 0.6 is 12.2 Å². The number of rotatable bonds is 4. The Hall–Kier alpha value is -2.28. The number of aliphatic hydroxyl groups excluding tert-OH is 6. The zero-order valence-electron chi connectivity index (χ0n) is 17.6. The van der Waals surface area contributed by atoms with Gasteiger partial charge < -0.3 is 40.1 Å². The number of nitrogens with zero attached hydrogens (tertiary/aromatic N) is 2. The first-order valence-corrected chi connectivity index (χ1v) is 10.7. The topological polar surface area (TPSA) is 227 Å². The molecule has 1 aromatic rings. The summed E-state index contributed by atoms with van der Waals surface area (Å²) in [7, 11) is 0. The van der Waals surface area contributed by atoms with Gasteiger partial charge in [0.1, 0.15) is 36.6 Å². The summed E-state index contributed by atoms with van der Waals surface area (Å²) in [6, 6.07) is 0.556. The van der Waals surface area contributed by atoms with Crippen molar-refractivity contribution in [3.8, 4) is 0 Å². The van der Waals surface area contributed by atoms with Crippen molar-refractivity contribution in [2.45, 2.75) is 55.5 Å². The Labute approximate surface area is 196 Å². The molecule has 4 heterocycles. The van der Waals surface area contributed by atoms with Crippen LogP contribution in [0.15, 0.2) is 17.1 Å². The number of amides is 3. The van der Waals surface area contributed by atoms with E-state index in [4.69, 9.17) is 31.9 Å². The van der Waals surface area contributed by atoms with Crippen molar-refractivity contribution in [1.82, 2.24) is 19.8 Å². The van der Waals surface area contributed by atoms with Crippen molar-refractivity contribution in [2.24, 2.45) is 0 Å². The number of H-pyrrole nitrogens is 1. The average Bonchev–Trinajstić information content (AvgIpc) is 3.24. The number of ether oxygens (including phenoxy) is 2. The summed E-state index contributed by atoms with van der Waals surface area (Å²) in [6.45, 7) is -0.758. The Kier molecular flexibility index (Phi) is 8.50. The van der Waals surface area contributed by atoms with Crippen LogP contribution in [0.4, 0.5) is 4.79 Å². The van der Waals surface area contributed by atoms with Crippen molar-refractivity contribution in [3.63, 3.8) is 0 Å². The molecule has 0 aromatic carbocycles. The fraction of sp³-hybridized carbons (Fsp3) is 0.667. The molecule has 34 heavy (non-hydrogen) atoms. The highest BCUT2D eigenvalue weighted by atomic mass is 32.1. The van der Waals surface area contributed by atoms with Crippen molar-refractivity contribution in [2.75, 3.05) is 19.8 Å². The van der Waals surface area contributed by atoms with Gasteiger partial charge in [0.2, 0.25) is 5.91 Å². The van der Waals surface area contributed by atoms with Crippen LogP contribution < -0.4 is 10.9 Å². The van der Waals surface area contributed by atoms with Crippen LogP contribution in [-0.2, 0) is 14.3 Å². The standard InChI is InChI=1S/C9H14N2O6.C9H12N2O5S/c12-3-4-6(14)7(15)8(17-4)11-2-1-5(13)10-9(11)16;12-3-4-6(14)7(15)8(16-4)11-2-1-5(13)10-9(11)17/h4,6-8,12,14-15H,1-3H2,(H,10,13,16);1-2,4,6-8,12,14-15H,3H2,(H,10,13,17)/t2*4-,6-,7-,8-/m11/s1. The predicted molar refractivity (Wildman–Crippen MR) is 112 cm³/mol. The highest BCUT2D eigenvalue weighted by molar-refractivity contribution is 7.71. The van der Waals surface area contributed by atoms with E-state index in [2.05, 4.69) is 10.3 Å². The molecule has 0 spiro atoms. The van der Waals surface area contributed by atoms with Crippen molar-refractivity contribution in [3.05, 3.63) is 27.4 Å². The molecule has 8 N–H and O–H groups in total. The average molecular weight is 506 g/mol. The molecule has 15 nitrogen and oxygen atoms in total. The second-order valence-corrected chi connectivity index (χ2v) is 8.16. The Balaban J connectivity index is 0.000000191. The monoisotopic (exact) mass is 506 g/mol. The number of nitrogens with one attached hydrogen (secondary N) is 2. The summed E-state index contributed by atoms with van der Waals surface area (Å²) < 4.78 is 11.8.